The predicted molar refractivity (Wildman–Crippen MR) is 93.8 cm³/mol. The first kappa shape index (κ1) is 14.9. The highest BCUT2D eigenvalue weighted by atomic mass is 32.1. The number of thiophene rings is 1. The lowest BCUT2D eigenvalue weighted by atomic mass is 10.0. The first-order chi connectivity index (χ1) is 10.6. The average molecular weight is 315 g/mol. The summed E-state index contributed by atoms with van der Waals surface area (Å²) in [7, 11) is 0. The molecule has 0 saturated carbocycles. The number of rotatable bonds is 3. The van der Waals surface area contributed by atoms with Gasteiger partial charge in [-0.2, -0.15) is 0 Å². The Kier molecular flexibility index (Phi) is 4.34. The van der Waals surface area contributed by atoms with Crippen molar-refractivity contribution in [3.63, 3.8) is 0 Å². The van der Waals surface area contributed by atoms with E-state index in [1.165, 1.54) is 30.6 Å². The number of amides is 1. The van der Waals surface area contributed by atoms with Crippen molar-refractivity contribution in [2.75, 3.05) is 22.5 Å². The highest BCUT2D eigenvalue weighted by Gasteiger charge is 2.20. The molecule has 1 aliphatic heterocycles. The third kappa shape index (κ3) is 3.09. The number of nitrogens with zero attached hydrogens (tertiary/aromatic N) is 1. The normalized spacial score (nSPS) is 18.2. The fourth-order valence-corrected chi connectivity index (χ4v) is 3.57. The maximum absolute atomic E-state index is 12.1. The molecule has 0 unspecified atom stereocenters. The van der Waals surface area contributed by atoms with E-state index in [2.05, 4.69) is 17.1 Å². The molecule has 1 aliphatic rings. The lowest BCUT2D eigenvalue weighted by molar-refractivity contribution is 0.103. The molecule has 22 heavy (non-hydrogen) atoms. The fourth-order valence-electron chi connectivity index (χ4n) is 2.95. The van der Waals surface area contributed by atoms with Gasteiger partial charge >= 0.3 is 0 Å². The van der Waals surface area contributed by atoms with E-state index in [1.54, 1.807) is 0 Å². The minimum Gasteiger partial charge on any atom is -0.397 e. The largest absolute Gasteiger partial charge is 0.397 e. The van der Waals surface area contributed by atoms with Crippen LogP contribution in [0.4, 0.5) is 17.1 Å². The highest BCUT2D eigenvalue weighted by Crippen LogP contribution is 2.31. The van der Waals surface area contributed by atoms with Crippen LogP contribution in [0.25, 0.3) is 0 Å². The van der Waals surface area contributed by atoms with Crippen molar-refractivity contribution in [2.24, 2.45) is 0 Å². The van der Waals surface area contributed by atoms with Gasteiger partial charge in [-0.05, 0) is 55.8 Å². The van der Waals surface area contributed by atoms with Gasteiger partial charge in [0.2, 0.25) is 0 Å². The summed E-state index contributed by atoms with van der Waals surface area (Å²) in [6, 6.07) is 9.99. The molecule has 5 heteroatoms. The van der Waals surface area contributed by atoms with Gasteiger partial charge in [-0.15, -0.1) is 11.3 Å². The molecule has 3 N–H and O–H groups in total. The van der Waals surface area contributed by atoms with Gasteiger partial charge in [-0.25, -0.2) is 0 Å². The quantitative estimate of drug-likeness (QED) is 0.843. The number of carbonyl (C=O) groups excluding carboxylic acids is 1. The van der Waals surface area contributed by atoms with E-state index in [0.29, 0.717) is 10.9 Å². The second-order valence-electron chi connectivity index (χ2n) is 5.74. The van der Waals surface area contributed by atoms with Crippen molar-refractivity contribution in [3.8, 4) is 0 Å². The van der Waals surface area contributed by atoms with Crippen LogP contribution >= 0.6 is 11.3 Å². The lowest BCUT2D eigenvalue weighted by Crippen LogP contribution is -2.37. The number of nitrogen functional groups attached to an aromatic ring is 1. The van der Waals surface area contributed by atoms with Gasteiger partial charge in [0.05, 0.1) is 16.3 Å². The van der Waals surface area contributed by atoms with Crippen LogP contribution in [0.2, 0.25) is 0 Å². The Bertz CT molecular complexity index is 654. The number of anilines is 3. The van der Waals surface area contributed by atoms with Crippen LogP contribution in [0.5, 0.6) is 0 Å². The molecule has 3 rings (SSSR count). The Balaban J connectivity index is 1.76. The van der Waals surface area contributed by atoms with Crippen LogP contribution in [0, 0.1) is 0 Å². The third-order valence-electron chi connectivity index (χ3n) is 4.14. The minimum atomic E-state index is -0.0894. The summed E-state index contributed by atoms with van der Waals surface area (Å²) >= 11 is 1.43. The second-order valence-corrected chi connectivity index (χ2v) is 6.69. The highest BCUT2D eigenvalue weighted by molar-refractivity contribution is 7.12. The van der Waals surface area contributed by atoms with E-state index in [9.17, 15) is 4.79 Å². The molecule has 1 aromatic carbocycles. The number of nitrogens with one attached hydrogen (secondary N) is 1. The van der Waals surface area contributed by atoms with Gasteiger partial charge in [-0.3, -0.25) is 4.79 Å². The van der Waals surface area contributed by atoms with Crippen LogP contribution in [0.3, 0.4) is 0 Å². The zero-order valence-corrected chi connectivity index (χ0v) is 13.5. The first-order valence-electron chi connectivity index (χ1n) is 7.66. The summed E-state index contributed by atoms with van der Waals surface area (Å²) in [5, 5.41) is 4.79. The van der Waals surface area contributed by atoms with Gasteiger partial charge in [0.15, 0.2) is 0 Å². The molecule has 0 radical (unpaired) electrons. The van der Waals surface area contributed by atoms with Gasteiger partial charge in [0.1, 0.15) is 0 Å². The van der Waals surface area contributed by atoms with E-state index in [0.717, 1.165) is 23.6 Å². The Morgan fingerprint density at radius 2 is 2.23 bits per heavy atom. The van der Waals surface area contributed by atoms with Crippen LogP contribution in [-0.4, -0.2) is 18.5 Å². The number of nitrogens with two attached hydrogens (primary N) is 1. The molecule has 2 heterocycles. The lowest BCUT2D eigenvalue weighted by Gasteiger charge is -2.36. The van der Waals surface area contributed by atoms with Crippen molar-refractivity contribution < 1.29 is 4.79 Å². The molecule has 1 aromatic heterocycles. The number of piperidine rings is 1. The molecule has 2 aromatic rings. The molecule has 1 atom stereocenters. The predicted octanol–water partition coefficient (Wildman–Crippen LogP) is 3.96. The zero-order valence-electron chi connectivity index (χ0n) is 12.7. The molecule has 1 fully saturated rings. The van der Waals surface area contributed by atoms with Crippen LogP contribution in [0.1, 0.15) is 35.9 Å². The Labute approximate surface area is 134 Å². The van der Waals surface area contributed by atoms with Gasteiger partial charge in [0.25, 0.3) is 5.91 Å². The second kappa shape index (κ2) is 6.40. The molecule has 1 amide bonds. The Morgan fingerprint density at radius 3 is 2.91 bits per heavy atom. The van der Waals surface area contributed by atoms with Crippen molar-refractivity contribution in [3.05, 3.63) is 40.6 Å². The average Bonchev–Trinajstić information content (AvgIpc) is 3.03. The van der Waals surface area contributed by atoms with E-state index < -0.39 is 0 Å². The van der Waals surface area contributed by atoms with Crippen molar-refractivity contribution >= 4 is 34.3 Å². The molecule has 116 valence electrons. The summed E-state index contributed by atoms with van der Waals surface area (Å²) in [6.45, 7) is 3.29. The molecule has 1 saturated heterocycles. The fraction of sp³-hybridized carbons (Fsp3) is 0.353. The van der Waals surface area contributed by atoms with Crippen molar-refractivity contribution in [1.82, 2.24) is 0 Å². The maximum atomic E-state index is 12.1. The van der Waals surface area contributed by atoms with Crippen LogP contribution in [-0.2, 0) is 0 Å². The Morgan fingerprint density at radius 1 is 1.36 bits per heavy atom. The Hall–Kier alpha value is -2.01. The van der Waals surface area contributed by atoms with Crippen molar-refractivity contribution in [2.45, 2.75) is 32.2 Å². The van der Waals surface area contributed by atoms with Crippen LogP contribution in [0.15, 0.2) is 35.7 Å². The molecule has 0 aliphatic carbocycles. The molecule has 0 bridgehead atoms. The third-order valence-corrected chi connectivity index (χ3v) is 5.01. The standard InChI is InChI=1S/C17H21N3OS/c1-12-5-2-3-9-20(12)15-8-7-13(11-14(15)18)19-17(21)16-6-4-10-22-16/h4,6-8,10-12H,2-3,5,9,18H2,1H3,(H,19,21)/t12-/m1/s1. The number of carbonyl (C=O) groups is 1. The minimum absolute atomic E-state index is 0.0894. The van der Waals surface area contributed by atoms with E-state index >= 15 is 0 Å². The van der Waals surface area contributed by atoms with Gasteiger partial charge in [-0.1, -0.05) is 6.07 Å². The smallest absolute Gasteiger partial charge is 0.265 e. The molecule has 0 spiro atoms. The molecular weight excluding hydrogens is 294 g/mol. The number of benzene rings is 1. The van der Waals surface area contributed by atoms with E-state index in [4.69, 9.17) is 5.73 Å². The SMILES string of the molecule is C[C@@H]1CCCCN1c1ccc(NC(=O)c2cccs2)cc1N. The summed E-state index contributed by atoms with van der Waals surface area (Å²) < 4.78 is 0. The summed E-state index contributed by atoms with van der Waals surface area (Å²) in [5.74, 6) is -0.0894. The van der Waals surface area contributed by atoms with Gasteiger partial charge in [0, 0.05) is 18.3 Å². The number of hydrogen-bond acceptors (Lipinski definition) is 4. The first-order valence-corrected chi connectivity index (χ1v) is 8.54. The molecule has 4 nitrogen and oxygen atoms in total. The molecular formula is C17H21N3OS. The summed E-state index contributed by atoms with van der Waals surface area (Å²) in [5.41, 5.74) is 8.75. The zero-order chi connectivity index (χ0) is 15.5. The topological polar surface area (TPSA) is 58.4 Å². The van der Waals surface area contributed by atoms with Crippen LogP contribution < -0.4 is 16.0 Å². The summed E-state index contributed by atoms with van der Waals surface area (Å²) in [6.07, 6.45) is 3.70. The van der Waals surface area contributed by atoms with E-state index in [-0.39, 0.29) is 5.91 Å². The monoisotopic (exact) mass is 315 g/mol. The maximum Gasteiger partial charge on any atom is 0.265 e. The summed E-state index contributed by atoms with van der Waals surface area (Å²) in [4.78, 5) is 15.1. The van der Waals surface area contributed by atoms with Crippen molar-refractivity contribution in [1.29, 1.82) is 0 Å². The van der Waals surface area contributed by atoms with E-state index in [1.807, 2.05) is 35.7 Å². The number of hydrogen-bond donors (Lipinski definition) is 2. The van der Waals surface area contributed by atoms with Gasteiger partial charge < -0.3 is 16.0 Å².